The van der Waals surface area contributed by atoms with E-state index in [0.717, 1.165) is 31.6 Å². The molecule has 0 spiro atoms. The van der Waals surface area contributed by atoms with Crippen LogP contribution in [0.25, 0.3) is 0 Å². The van der Waals surface area contributed by atoms with Crippen LogP contribution in [0.5, 0.6) is 0 Å². The lowest BCUT2D eigenvalue weighted by Crippen LogP contribution is -2.28. The van der Waals surface area contributed by atoms with Gasteiger partial charge in [0, 0.05) is 18.8 Å². The number of nitrogens with two attached hydrogens (primary N) is 1. The Hall–Kier alpha value is -1.87. The maximum absolute atomic E-state index is 13.0. The van der Waals surface area contributed by atoms with E-state index in [1.165, 1.54) is 17.7 Å². The molecule has 0 saturated heterocycles. The number of halogens is 1. The topological polar surface area (TPSA) is 29.3 Å². The molecule has 0 aliphatic heterocycles. The number of nitrogens with zero attached hydrogens (tertiary/aromatic N) is 1. The first kappa shape index (κ1) is 14.5. The fraction of sp³-hybridized carbons (Fsp3) is 0.294. The van der Waals surface area contributed by atoms with E-state index in [-0.39, 0.29) is 5.82 Å². The van der Waals surface area contributed by atoms with E-state index in [9.17, 15) is 4.39 Å². The van der Waals surface area contributed by atoms with Gasteiger partial charge in [0.2, 0.25) is 0 Å². The molecule has 106 valence electrons. The predicted octanol–water partition coefficient (Wildman–Crippen LogP) is 3.22. The van der Waals surface area contributed by atoms with Gasteiger partial charge in [-0.3, -0.25) is 0 Å². The van der Waals surface area contributed by atoms with Crippen LogP contribution in [0.1, 0.15) is 12.0 Å². The molecule has 0 saturated carbocycles. The van der Waals surface area contributed by atoms with E-state index < -0.39 is 0 Å². The lowest BCUT2D eigenvalue weighted by molar-refractivity contribution is 0.627. The number of benzene rings is 2. The fourth-order valence-electron chi connectivity index (χ4n) is 2.21. The third-order valence-corrected chi connectivity index (χ3v) is 3.34. The Labute approximate surface area is 120 Å². The molecule has 0 atom stereocenters. The molecule has 2 nitrogen and oxygen atoms in total. The predicted molar refractivity (Wildman–Crippen MR) is 82.4 cm³/mol. The van der Waals surface area contributed by atoms with Gasteiger partial charge in [-0.05, 0) is 49.2 Å². The molecule has 2 aromatic carbocycles. The normalized spacial score (nSPS) is 10.5. The van der Waals surface area contributed by atoms with Crippen molar-refractivity contribution < 1.29 is 4.39 Å². The van der Waals surface area contributed by atoms with Crippen LogP contribution in [0, 0.1) is 5.82 Å². The van der Waals surface area contributed by atoms with Crippen molar-refractivity contribution in [3.8, 4) is 0 Å². The van der Waals surface area contributed by atoms with Crippen LogP contribution < -0.4 is 10.6 Å². The van der Waals surface area contributed by atoms with Gasteiger partial charge >= 0.3 is 0 Å². The van der Waals surface area contributed by atoms with Crippen molar-refractivity contribution in [3.63, 3.8) is 0 Å². The zero-order chi connectivity index (χ0) is 14.2. The third-order valence-electron chi connectivity index (χ3n) is 3.34. The van der Waals surface area contributed by atoms with Crippen LogP contribution in [-0.2, 0) is 6.42 Å². The first-order chi connectivity index (χ1) is 9.79. The Bertz CT molecular complexity index is 496. The first-order valence-corrected chi connectivity index (χ1v) is 7.04. The number of anilines is 1. The zero-order valence-corrected chi connectivity index (χ0v) is 11.6. The van der Waals surface area contributed by atoms with Crippen LogP contribution in [0.3, 0.4) is 0 Å². The van der Waals surface area contributed by atoms with Crippen molar-refractivity contribution in [2.45, 2.75) is 12.8 Å². The molecule has 2 N–H and O–H groups in total. The average Bonchev–Trinajstić information content (AvgIpc) is 2.50. The number of hydrogen-bond acceptors (Lipinski definition) is 2. The maximum atomic E-state index is 13.0. The highest BCUT2D eigenvalue weighted by atomic mass is 19.1. The Morgan fingerprint density at radius 1 is 0.900 bits per heavy atom. The minimum atomic E-state index is -0.199. The van der Waals surface area contributed by atoms with Gasteiger partial charge in [-0.2, -0.15) is 0 Å². The highest BCUT2D eigenvalue weighted by Gasteiger charge is 2.06. The molecular formula is C17H21FN2. The summed E-state index contributed by atoms with van der Waals surface area (Å²) in [4.78, 5) is 2.26. The molecule has 2 rings (SSSR count). The van der Waals surface area contributed by atoms with E-state index in [1.807, 2.05) is 18.2 Å². The smallest absolute Gasteiger partial charge is 0.123 e. The van der Waals surface area contributed by atoms with Crippen LogP contribution in [0.4, 0.5) is 10.1 Å². The lowest BCUT2D eigenvalue weighted by atomic mass is 10.1. The summed E-state index contributed by atoms with van der Waals surface area (Å²) >= 11 is 0. The highest BCUT2D eigenvalue weighted by Crippen LogP contribution is 2.16. The largest absolute Gasteiger partial charge is 0.371 e. The number of hydrogen-bond donors (Lipinski definition) is 1. The summed E-state index contributed by atoms with van der Waals surface area (Å²) in [6.07, 6.45) is 1.91. The SMILES string of the molecule is NCCCN(CCc1ccccc1)c1ccc(F)cc1. The Morgan fingerprint density at radius 2 is 1.60 bits per heavy atom. The molecule has 0 heterocycles. The maximum Gasteiger partial charge on any atom is 0.123 e. The van der Waals surface area contributed by atoms with Crippen molar-refractivity contribution in [2.75, 3.05) is 24.5 Å². The molecule has 0 amide bonds. The Kier molecular flexibility index (Phi) is 5.56. The van der Waals surface area contributed by atoms with Gasteiger partial charge in [0.25, 0.3) is 0 Å². The minimum absolute atomic E-state index is 0.199. The summed E-state index contributed by atoms with van der Waals surface area (Å²) in [6.45, 7) is 2.48. The summed E-state index contributed by atoms with van der Waals surface area (Å²) in [5.41, 5.74) is 7.96. The van der Waals surface area contributed by atoms with Gasteiger partial charge in [-0.25, -0.2) is 4.39 Å². The van der Waals surface area contributed by atoms with Crippen LogP contribution in [-0.4, -0.2) is 19.6 Å². The molecule has 2 aromatic rings. The van der Waals surface area contributed by atoms with Gasteiger partial charge in [0.15, 0.2) is 0 Å². The van der Waals surface area contributed by atoms with E-state index >= 15 is 0 Å². The lowest BCUT2D eigenvalue weighted by Gasteiger charge is -2.24. The Morgan fingerprint density at radius 3 is 2.25 bits per heavy atom. The van der Waals surface area contributed by atoms with Gasteiger partial charge in [-0.1, -0.05) is 30.3 Å². The average molecular weight is 272 g/mol. The van der Waals surface area contributed by atoms with Gasteiger partial charge in [0.1, 0.15) is 5.82 Å². The summed E-state index contributed by atoms with van der Waals surface area (Å²) in [7, 11) is 0. The molecule has 0 bridgehead atoms. The van der Waals surface area contributed by atoms with Crippen molar-refractivity contribution in [1.29, 1.82) is 0 Å². The molecular weight excluding hydrogens is 251 g/mol. The fourth-order valence-corrected chi connectivity index (χ4v) is 2.21. The third kappa shape index (κ3) is 4.35. The van der Waals surface area contributed by atoms with E-state index in [2.05, 4.69) is 29.2 Å². The zero-order valence-electron chi connectivity index (χ0n) is 11.6. The minimum Gasteiger partial charge on any atom is -0.371 e. The number of rotatable bonds is 7. The van der Waals surface area contributed by atoms with E-state index in [1.54, 1.807) is 0 Å². The monoisotopic (exact) mass is 272 g/mol. The molecule has 3 heteroatoms. The summed E-state index contributed by atoms with van der Waals surface area (Å²) < 4.78 is 13.0. The molecule has 20 heavy (non-hydrogen) atoms. The van der Waals surface area contributed by atoms with Crippen molar-refractivity contribution >= 4 is 5.69 Å². The van der Waals surface area contributed by atoms with Crippen LogP contribution in [0.15, 0.2) is 54.6 Å². The van der Waals surface area contributed by atoms with Crippen LogP contribution in [0.2, 0.25) is 0 Å². The second kappa shape index (κ2) is 7.65. The van der Waals surface area contributed by atoms with Crippen LogP contribution >= 0.6 is 0 Å². The molecule has 0 aliphatic rings. The summed E-state index contributed by atoms with van der Waals surface area (Å²) in [5, 5.41) is 0. The molecule has 0 fully saturated rings. The van der Waals surface area contributed by atoms with Crippen molar-refractivity contribution in [3.05, 3.63) is 66.0 Å². The second-order valence-corrected chi connectivity index (χ2v) is 4.84. The van der Waals surface area contributed by atoms with Crippen molar-refractivity contribution in [1.82, 2.24) is 0 Å². The summed E-state index contributed by atoms with van der Waals surface area (Å²) in [6, 6.07) is 17.1. The first-order valence-electron chi connectivity index (χ1n) is 7.04. The molecule has 0 aromatic heterocycles. The van der Waals surface area contributed by atoms with Gasteiger partial charge < -0.3 is 10.6 Å². The summed E-state index contributed by atoms with van der Waals surface area (Å²) in [5.74, 6) is -0.199. The second-order valence-electron chi connectivity index (χ2n) is 4.84. The van der Waals surface area contributed by atoms with E-state index in [0.29, 0.717) is 6.54 Å². The van der Waals surface area contributed by atoms with Gasteiger partial charge in [0.05, 0.1) is 0 Å². The molecule has 0 aliphatic carbocycles. The molecule has 0 unspecified atom stereocenters. The van der Waals surface area contributed by atoms with Gasteiger partial charge in [-0.15, -0.1) is 0 Å². The standard InChI is InChI=1S/C17H21FN2/c18-16-7-9-17(10-8-16)20(13-4-12-19)14-11-15-5-2-1-3-6-15/h1-3,5-10H,4,11-14,19H2. The van der Waals surface area contributed by atoms with Crippen molar-refractivity contribution in [2.24, 2.45) is 5.73 Å². The highest BCUT2D eigenvalue weighted by molar-refractivity contribution is 5.46. The Balaban J connectivity index is 2.01. The quantitative estimate of drug-likeness (QED) is 0.838. The molecule has 0 radical (unpaired) electrons. The van der Waals surface area contributed by atoms with E-state index in [4.69, 9.17) is 5.73 Å².